The molecule has 1 saturated heterocycles. The molecule has 8 heteroatoms. The average molecular weight is 485 g/mol. The van der Waals surface area contributed by atoms with Crippen LogP contribution in [0, 0.1) is 0 Å². The number of hydrogen-bond donors (Lipinski definition) is 0. The zero-order valence-electron chi connectivity index (χ0n) is 19.5. The van der Waals surface area contributed by atoms with E-state index in [1.54, 1.807) is 4.90 Å². The molecule has 0 aliphatic carbocycles. The third-order valence-electron chi connectivity index (χ3n) is 6.28. The van der Waals surface area contributed by atoms with Gasteiger partial charge >= 0.3 is 6.36 Å². The van der Waals surface area contributed by atoms with E-state index in [1.165, 1.54) is 25.3 Å². The minimum Gasteiger partial charge on any atom is -0.496 e. The molecule has 3 aromatic rings. The summed E-state index contributed by atoms with van der Waals surface area (Å²) in [6.07, 6.45) is -4.79. The Morgan fingerprint density at radius 3 is 2.11 bits per heavy atom. The van der Waals surface area contributed by atoms with Crippen molar-refractivity contribution in [1.29, 1.82) is 0 Å². The second kappa shape index (κ2) is 10.4. The first kappa shape index (κ1) is 24.6. The van der Waals surface area contributed by atoms with Gasteiger partial charge in [0.05, 0.1) is 19.7 Å². The summed E-state index contributed by atoms with van der Waals surface area (Å²) in [5.41, 5.74) is 2.69. The van der Waals surface area contributed by atoms with E-state index in [0.29, 0.717) is 17.9 Å². The van der Waals surface area contributed by atoms with Crippen LogP contribution in [0.5, 0.6) is 11.5 Å². The number of halogens is 3. The summed E-state index contributed by atoms with van der Waals surface area (Å²) < 4.78 is 47.7. The lowest BCUT2D eigenvalue weighted by atomic mass is 9.83. The Hall–Kier alpha value is -3.52. The number of benzene rings is 3. The molecule has 1 fully saturated rings. The van der Waals surface area contributed by atoms with Crippen LogP contribution in [0.3, 0.4) is 0 Å². The van der Waals surface area contributed by atoms with E-state index < -0.39 is 6.36 Å². The van der Waals surface area contributed by atoms with Crippen LogP contribution in [0.2, 0.25) is 0 Å². The van der Waals surface area contributed by atoms with Gasteiger partial charge in [-0.25, -0.2) is 0 Å². The molecule has 1 aliphatic rings. The molecule has 184 valence electrons. The monoisotopic (exact) mass is 484 g/mol. The van der Waals surface area contributed by atoms with Crippen LogP contribution in [-0.4, -0.2) is 55.4 Å². The SMILES string of the molecule is COc1ccc(OC(F)(F)F)cc1CN1CC(=O)N(C)C(C(c2ccccc2)c2ccccc2)C1. The number of carbonyl (C=O) groups is 1. The Morgan fingerprint density at radius 1 is 0.971 bits per heavy atom. The largest absolute Gasteiger partial charge is 0.573 e. The van der Waals surface area contributed by atoms with E-state index >= 15 is 0 Å². The lowest BCUT2D eigenvalue weighted by molar-refractivity contribution is -0.274. The van der Waals surface area contributed by atoms with Gasteiger partial charge in [-0.2, -0.15) is 0 Å². The van der Waals surface area contributed by atoms with Gasteiger partial charge in [-0.05, 0) is 29.3 Å². The second-order valence-corrected chi connectivity index (χ2v) is 8.56. The summed E-state index contributed by atoms with van der Waals surface area (Å²) in [5, 5.41) is 0. The molecule has 1 amide bonds. The molecule has 4 rings (SSSR count). The maximum atomic E-state index is 13.1. The average Bonchev–Trinajstić information content (AvgIpc) is 2.83. The zero-order valence-corrected chi connectivity index (χ0v) is 19.5. The highest BCUT2D eigenvalue weighted by atomic mass is 19.4. The summed E-state index contributed by atoms with van der Waals surface area (Å²) in [6, 6.07) is 23.8. The minimum absolute atomic E-state index is 0.0558. The van der Waals surface area contributed by atoms with Gasteiger partial charge in [-0.15, -0.1) is 13.2 Å². The Bertz CT molecular complexity index is 1100. The smallest absolute Gasteiger partial charge is 0.496 e. The number of likely N-dealkylation sites (N-methyl/N-ethyl adjacent to an activating group) is 1. The van der Waals surface area contributed by atoms with E-state index in [9.17, 15) is 18.0 Å². The Balaban J connectivity index is 1.65. The molecule has 1 heterocycles. The number of alkyl halides is 3. The predicted molar refractivity (Wildman–Crippen MR) is 126 cm³/mol. The molecule has 35 heavy (non-hydrogen) atoms. The quantitative estimate of drug-likeness (QED) is 0.470. The highest BCUT2D eigenvalue weighted by molar-refractivity contribution is 5.79. The topological polar surface area (TPSA) is 42.0 Å². The number of piperazine rings is 1. The van der Waals surface area contributed by atoms with E-state index in [1.807, 2.05) is 48.3 Å². The molecule has 0 bridgehead atoms. The van der Waals surface area contributed by atoms with Gasteiger partial charge in [-0.1, -0.05) is 60.7 Å². The Labute approximate surface area is 202 Å². The number of rotatable bonds is 7. The van der Waals surface area contributed by atoms with Crippen molar-refractivity contribution in [2.24, 2.45) is 0 Å². The lowest BCUT2D eigenvalue weighted by Gasteiger charge is -2.43. The van der Waals surface area contributed by atoms with Gasteiger partial charge in [-0.3, -0.25) is 9.69 Å². The highest BCUT2D eigenvalue weighted by Gasteiger charge is 2.37. The maximum Gasteiger partial charge on any atom is 0.573 e. The van der Waals surface area contributed by atoms with Crippen molar-refractivity contribution >= 4 is 5.91 Å². The molecule has 0 spiro atoms. The predicted octanol–water partition coefficient (Wildman–Crippen LogP) is 5.07. The van der Waals surface area contributed by atoms with Crippen LogP contribution < -0.4 is 9.47 Å². The van der Waals surface area contributed by atoms with Crippen LogP contribution in [0.15, 0.2) is 78.9 Å². The maximum absolute atomic E-state index is 13.1. The van der Waals surface area contributed by atoms with Crippen molar-refractivity contribution in [1.82, 2.24) is 9.80 Å². The molecule has 0 N–H and O–H groups in total. The standard InChI is InChI=1S/C27H27F3N2O3/c1-31-23(26(19-9-5-3-6-10-19)20-11-7-4-8-12-20)17-32(18-25(31)33)16-21-15-22(35-27(28,29)30)13-14-24(21)34-2/h3-15,23,26H,16-18H2,1-2H3. The number of methoxy groups -OCH3 is 1. The molecule has 1 atom stereocenters. The molecule has 0 aromatic heterocycles. The fraction of sp³-hybridized carbons (Fsp3) is 0.296. The van der Waals surface area contributed by atoms with Crippen LogP contribution in [0.4, 0.5) is 13.2 Å². The van der Waals surface area contributed by atoms with Crippen molar-refractivity contribution in [2.75, 3.05) is 27.2 Å². The van der Waals surface area contributed by atoms with Crippen molar-refractivity contribution in [3.63, 3.8) is 0 Å². The molecular weight excluding hydrogens is 457 g/mol. The van der Waals surface area contributed by atoms with Crippen LogP contribution in [0.1, 0.15) is 22.6 Å². The molecule has 1 unspecified atom stereocenters. The van der Waals surface area contributed by atoms with Crippen molar-refractivity contribution in [2.45, 2.75) is 24.9 Å². The lowest BCUT2D eigenvalue weighted by Crippen LogP contribution is -2.56. The number of nitrogens with zero attached hydrogens (tertiary/aromatic N) is 2. The number of amides is 1. The first-order valence-electron chi connectivity index (χ1n) is 11.3. The number of hydrogen-bond acceptors (Lipinski definition) is 4. The number of carbonyl (C=O) groups excluding carboxylic acids is 1. The van der Waals surface area contributed by atoms with E-state index in [2.05, 4.69) is 29.0 Å². The fourth-order valence-electron chi connectivity index (χ4n) is 4.66. The minimum atomic E-state index is -4.79. The van der Waals surface area contributed by atoms with Gasteiger partial charge in [0, 0.05) is 31.6 Å². The fourth-order valence-corrected chi connectivity index (χ4v) is 4.66. The van der Waals surface area contributed by atoms with Gasteiger partial charge in [0.1, 0.15) is 11.5 Å². The van der Waals surface area contributed by atoms with E-state index in [-0.39, 0.29) is 36.7 Å². The molecule has 3 aromatic carbocycles. The van der Waals surface area contributed by atoms with Crippen molar-refractivity contribution < 1.29 is 27.4 Å². The second-order valence-electron chi connectivity index (χ2n) is 8.56. The molecular formula is C27H27F3N2O3. The van der Waals surface area contributed by atoms with E-state index in [4.69, 9.17) is 4.74 Å². The van der Waals surface area contributed by atoms with Gasteiger partial charge in [0.2, 0.25) is 5.91 Å². The van der Waals surface area contributed by atoms with Crippen molar-refractivity contribution in [3.8, 4) is 11.5 Å². The number of ether oxygens (including phenoxy) is 2. The molecule has 1 aliphatic heterocycles. The summed E-state index contributed by atoms with van der Waals surface area (Å²) in [7, 11) is 3.27. The summed E-state index contributed by atoms with van der Waals surface area (Å²) in [4.78, 5) is 16.8. The Kier molecular flexibility index (Phi) is 7.31. The van der Waals surface area contributed by atoms with Crippen molar-refractivity contribution in [3.05, 3.63) is 95.6 Å². The first-order chi connectivity index (χ1) is 16.7. The Morgan fingerprint density at radius 2 is 1.57 bits per heavy atom. The third kappa shape index (κ3) is 5.95. The molecule has 5 nitrogen and oxygen atoms in total. The van der Waals surface area contributed by atoms with Gasteiger partial charge < -0.3 is 14.4 Å². The highest BCUT2D eigenvalue weighted by Crippen LogP contribution is 2.34. The summed E-state index contributed by atoms with van der Waals surface area (Å²) in [5.74, 6) is -0.0161. The van der Waals surface area contributed by atoms with Gasteiger partial charge in [0.25, 0.3) is 0 Å². The normalized spacial score (nSPS) is 17.0. The third-order valence-corrected chi connectivity index (χ3v) is 6.28. The van der Waals surface area contributed by atoms with Crippen LogP contribution in [-0.2, 0) is 11.3 Å². The van der Waals surface area contributed by atoms with Gasteiger partial charge in [0.15, 0.2) is 0 Å². The zero-order chi connectivity index (χ0) is 25.0. The van der Waals surface area contributed by atoms with Crippen LogP contribution >= 0.6 is 0 Å². The first-order valence-corrected chi connectivity index (χ1v) is 11.3. The molecule has 0 saturated carbocycles. The molecule has 0 radical (unpaired) electrons. The summed E-state index contributed by atoms with van der Waals surface area (Å²) in [6.45, 7) is 0.922. The van der Waals surface area contributed by atoms with Crippen LogP contribution in [0.25, 0.3) is 0 Å². The van der Waals surface area contributed by atoms with E-state index in [0.717, 1.165) is 11.1 Å². The summed E-state index contributed by atoms with van der Waals surface area (Å²) >= 11 is 0.